The van der Waals surface area contributed by atoms with Gasteiger partial charge in [0.2, 0.25) is 0 Å². The van der Waals surface area contributed by atoms with E-state index in [9.17, 15) is 0 Å². The van der Waals surface area contributed by atoms with Crippen LogP contribution < -0.4 is 4.84 Å². The van der Waals surface area contributed by atoms with Crippen LogP contribution in [0, 0.1) is 0 Å². The van der Waals surface area contributed by atoms with Crippen molar-refractivity contribution < 1.29 is 4.84 Å². The summed E-state index contributed by atoms with van der Waals surface area (Å²) < 4.78 is 3.69. The molecule has 1 aromatic carbocycles. The minimum absolute atomic E-state index is 0.754. The molecule has 0 amide bonds. The highest BCUT2D eigenvalue weighted by atomic mass is 16.6. The topological polar surface area (TPSA) is 32.0 Å². The summed E-state index contributed by atoms with van der Waals surface area (Å²) in [4.78, 5) is 5.31. The molecule has 0 aliphatic heterocycles. The molecule has 2 heterocycles. The van der Waals surface area contributed by atoms with E-state index in [0.717, 1.165) is 12.1 Å². The SMILES string of the molecule is COn1cc(Cn2cccn2)c2ccccc21. The highest BCUT2D eigenvalue weighted by Gasteiger charge is 2.08. The molecule has 86 valence electrons. The summed E-state index contributed by atoms with van der Waals surface area (Å²) in [5, 5.41) is 5.42. The predicted molar refractivity (Wildman–Crippen MR) is 65.8 cm³/mol. The Bertz CT molecular complexity index is 625. The average molecular weight is 227 g/mol. The van der Waals surface area contributed by atoms with Crippen LogP contribution >= 0.6 is 0 Å². The van der Waals surface area contributed by atoms with Gasteiger partial charge in [0, 0.05) is 29.5 Å². The fourth-order valence-electron chi connectivity index (χ4n) is 2.06. The fourth-order valence-corrected chi connectivity index (χ4v) is 2.06. The van der Waals surface area contributed by atoms with Crippen LogP contribution in [-0.4, -0.2) is 21.6 Å². The lowest BCUT2D eigenvalue weighted by atomic mass is 10.2. The van der Waals surface area contributed by atoms with E-state index in [1.165, 1.54) is 10.9 Å². The Morgan fingerprint density at radius 2 is 2.12 bits per heavy atom. The maximum absolute atomic E-state index is 5.31. The molecular weight excluding hydrogens is 214 g/mol. The van der Waals surface area contributed by atoms with Gasteiger partial charge in [-0.2, -0.15) is 9.83 Å². The second-order valence-electron chi connectivity index (χ2n) is 3.88. The molecular formula is C13H13N3O. The number of benzene rings is 1. The molecule has 0 saturated heterocycles. The van der Waals surface area contributed by atoms with Crippen molar-refractivity contribution in [1.29, 1.82) is 0 Å². The Morgan fingerprint density at radius 3 is 2.88 bits per heavy atom. The number of nitrogens with zero attached hydrogens (tertiary/aromatic N) is 3. The highest BCUT2D eigenvalue weighted by molar-refractivity contribution is 5.83. The zero-order valence-corrected chi connectivity index (χ0v) is 9.58. The van der Waals surface area contributed by atoms with Crippen molar-refractivity contribution in [2.75, 3.05) is 7.11 Å². The van der Waals surface area contributed by atoms with Crippen molar-refractivity contribution in [1.82, 2.24) is 14.5 Å². The average Bonchev–Trinajstić information content (AvgIpc) is 2.98. The summed E-state index contributed by atoms with van der Waals surface area (Å²) in [6.45, 7) is 0.754. The first-order chi connectivity index (χ1) is 8.38. The molecule has 0 N–H and O–H groups in total. The van der Waals surface area contributed by atoms with Crippen LogP contribution in [0.15, 0.2) is 48.9 Å². The van der Waals surface area contributed by atoms with Crippen molar-refractivity contribution in [3.63, 3.8) is 0 Å². The molecule has 4 nitrogen and oxygen atoms in total. The maximum atomic E-state index is 5.31. The van der Waals surface area contributed by atoms with E-state index < -0.39 is 0 Å². The summed E-state index contributed by atoms with van der Waals surface area (Å²) in [6, 6.07) is 10.1. The van der Waals surface area contributed by atoms with Crippen LogP contribution in [0.5, 0.6) is 0 Å². The Labute approximate surface area is 99.0 Å². The predicted octanol–water partition coefficient (Wildman–Crippen LogP) is 1.94. The molecule has 0 atom stereocenters. The van der Waals surface area contributed by atoms with Crippen molar-refractivity contribution in [3.05, 3.63) is 54.5 Å². The molecule has 0 aliphatic carbocycles. The lowest BCUT2D eigenvalue weighted by Crippen LogP contribution is -2.03. The summed E-state index contributed by atoms with van der Waals surface area (Å²) in [7, 11) is 1.67. The largest absolute Gasteiger partial charge is 0.417 e. The quantitative estimate of drug-likeness (QED) is 0.685. The molecule has 0 unspecified atom stereocenters. The van der Waals surface area contributed by atoms with Gasteiger partial charge < -0.3 is 4.84 Å². The number of fused-ring (bicyclic) bond motifs is 1. The third-order valence-corrected chi connectivity index (χ3v) is 2.85. The first-order valence-corrected chi connectivity index (χ1v) is 5.49. The zero-order chi connectivity index (χ0) is 11.7. The Kier molecular flexibility index (Phi) is 2.33. The normalized spacial score (nSPS) is 10.9. The van der Waals surface area contributed by atoms with Gasteiger partial charge in [-0.15, -0.1) is 0 Å². The molecule has 0 radical (unpaired) electrons. The second kappa shape index (κ2) is 3.97. The summed E-state index contributed by atoms with van der Waals surface area (Å²) in [5.41, 5.74) is 2.28. The van der Waals surface area contributed by atoms with Gasteiger partial charge in [0.25, 0.3) is 0 Å². The number of rotatable bonds is 3. The van der Waals surface area contributed by atoms with Gasteiger partial charge in [-0.25, -0.2) is 0 Å². The van der Waals surface area contributed by atoms with E-state index >= 15 is 0 Å². The molecule has 0 spiro atoms. The maximum Gasteiger partial charge on any atom is 0.104 e. The minimum atomic E-state index is 0.754. The molecule has 0 bridgehead atoms. The van der Waals surface area contributed by atoms with E-state index in [-0.39, 0.29) is 0 Å². The molecule has 4 heteroatoms. The Balaban J connectivity index is 2.10. The summed E-state index contributed by atoms with van der Waals surface area (Å²) in [5.74, 6) is 0. The smallest absolute Gasteiger partial charge is 0.104 e. The van der Waals surface area contributed by atoms with E-state index in [0.29, 0.717) is 0 Å². The van der Waals surface area contributed by atoms with Crippen molar-refractivity contribution in [2.24, 2.45) is 0 Å². The van der Waals surface area contributed by atoms with Crippen LogP contribution in [-0.2, 0) is 6.54 Å². The monoisotopic (exact) mass is 227 g/mol. The van der Waals surface area contributed by atoms with Gasteiger partial charge in [0.15, 0.2) is 0 Å². The lowest BCUT2D eigenvalue weighted by molar-refractivity contribution is 0.179. The van der Waals surface area contributed by atoms with E-state index in [4.69, 9.17) is 4.84 Å². The van der Waals surface area contributed by atoms with Crippen molar-refractivity contribution in [3.8, 4) is 0 Å². The lowest BCUT2D eigenvalue weighted by Gasteiger charge is -2.00. The molecule has 2 aromatic heterocycles. The second-order valence-corrected chi connectivity index (χ2v) is 3.88. The van der Waals surface area contributed by atoms with Crippen molar-refractivity contribution >= 4 is 10.9 Å². The standard InChI is InChI=1S/C13H13N3O/c1-17-16-10-11(9-15-8-4-7-14-15)12-5-2-3-6-13(12)16/h2-8,10H,9H2,1H3. The number of hydrogen-bond acceptors (Lipinski definition) is 2. The molecule has 0 fully saturated rings. The molecule has 3 rings (SSSR count). The third-order valence-electron chi connectivity index (χ3n) is 2.85. The number of hydrogen-bond donors (Lipinski definition) is 0. The van der Waals surface area contributed by atoms with Gasteiger partial charge in [-0.1, -0.05) is 18.2 Å². The molecule has 0 aliphatic rings. The summed E-state index contributed by atoms with van der Waals surface area (Å²) in [6.07, 6.45) is 5.75. The van der Waals surface area contributed by atoms with Gasteiger partial charge in [0.1, 0.15) is 7.11 Å². The van der Waals surface area contributed by atoms with E-state index in [1.54, 1.807) is 18.0 Å². The number of para-hydroxylation sites is 1. The third kappa shape index (κ3) is 1.67. The Morgan fingerprint density at radius 1 is 1.24 bits per heavy atom. The molecule has 17 heavy (non-hydrogen) atoms. The van der Waals surface area contributed by atoms with Gasteiger partial charge >= 0.3 is 0 Å². The first-order valence-electron chi connectivity index (χ1n) is 5.49. The zero-order valence-electron chi connectivity index (χ0n) is 9.58. The minimum Gasteiger partial charge on any atom is -0.417 e. The molecule has 3 aromatic rings. The number of aromatic nitrogens is 3. The van der Waals surface area contributed by atoms with Gasteiger partial charge in [-0.3, -0.25) is 4.68 Å². The van der Waals surface area contributed by atoms with E-state index in [1.807, 2.05) is 41.3 Å². The first kappa shape index (κ1) is 9.96. The van der Waals surface area contributed by atoms with Crippen LogP contribution in [0.1, 0.15) is 5.56 Å². The van der Waals surface area contributed by atoms with Gasteiger partial charge in [0.05, 0.1) is 12.1 Å². The fraction of sp³-hybridized carbons (Fsp3) is 0.154. The highest BCUT2D eigenvalue weighted by Crippen LogP contribution is 2.20. The van der Waals surface area contributed by atoms with Gasteiger partial charge in [-0.05, 0) is 12.1 Å². The van der Waals surface area contributed by atoms with Crippen LogP contribution in [0.3, 0.4) is 0 Å². The van der Waals surface area contributed by atoms with E-state index in [2.05, 4.69) is 11.2 Å². The summed E-state index contributed by atoms with van der Waals surface area (Å²) >= 11 is 0. The van der Waals surface area contributed by atoms with Crippen LogP contribution in [0.2, 0.25) is 0 Å². The molecule has 0 saturated carbocycles. The van der Waals surface area contributed by atoms with Crippen LogP contribution in [0.25, 0.3) is 10.9 Å². The van der Waals surface area contributed by atoms with Crippen molar-refractivity contribution in [2.45, 2.75) is 6.54 Å². The Hall–Kier alpha value is -2.23. The van der Waals surface area contributed by atoms with Crippen LogP contribution in [0.4, 0.5) is 0 Å².